The first-order chi connectivity index (χ1) is 19.5. The van der Waals surface area contributed by atoms with E-state index in [1.165, 1.54) is 31.2 Å². The Morgan fingerprint density at radius 1 is 0.634 bits per heavy atom. The lowest BCUT2D eigenvalue weighted by molar-refractivity contribution is -0.270. The van der Waals surface area contributed by atoms with Gasteiger partial charge in [0.05, 0.1) is 22.8 Å². The molecule has 0 spiro atoms. The van der Waals surface area contributed by atoms with Crippen LogP contribution < -0.4 is 0 Å². The van der Waals surface area contributed by atoms with Crippen molar-refractivity contribution >= 4 is 58.6 Å². The third-order valence-electron chi connectivity index (χ3n) is 5.98. The van der Waals surface area contributed by atoms with Crippen LogP contribution in [0.1, 0.15) is 38.0 Å². The van der Waals surface area contributed by atoms with Gasteiger partial charge in [0.15, 0.2) is 12.2 Å². The molecule has 0 radical (unpaired) electrons. The maximum Gasteiger partial charge on any atom is 0.338 e. The molecule has 41 heavy (non-hydrogen) atoms. The van der Waals surface area contributed by atoms with E-state index in [0.29, 0.717) is 0 Å². The highest BCUT2D eigenvalue weighted by atomic mass is 35.6. The highest BCUT2D eigenvalue weighted by Gasteiger charge is 2.53. The van der Waals surface area contributed by atoms with Gasteiger partial charge in [-0.05, 0) is 43.3 Å². The smallest absolute Gasteiger partial charge is 0.338 e. The van der Waals surface area contributed by atoms with Crippen molar-refractivity contribution in [2.75, 3.05) is 0 Å². The van der Waals surface area contributed by atoms with Crippen molar-refractivity contribution in [3.63, 3.8) is 0 Å². The molecule has 0 aromatic heterocycles. The average Bonchev–Trinajstić information content (AvgIpc) is 2.97. The molecule has 0 bridgehead atoms. The number of esters is 3. The molecule has 4 rings (SSSR count). The first-order valence-electron chi connectivity index (χ1n) is 12.3. The number of carbonyl (C=O) groups is 3. The molecular weight excluding hydrogens is 597 g/mol. The number of nitrogens with one attached hydrogen (secondary N) is 1. The van der Waals surface area contributed by atoms with E-state index in [4.69, 9.17) is 63.9 Å². The van der Waals surface area contributed by atoms with Gasteiger partial charge in [-0.25, -0.2) is 14.4 Å². The Kier molecular flexibility index (Phi) is 9.88. The molecule has 1 aliphatic heterocycles. The minimum absolute atomic E-state index is 0.160. The third-order valence-corrected chi connectivity index (χ3v) is 6.49. The second-order valence-corrected chi connectivity index (χ2v) is 11.1. The van der Waals surface area contributed by atoms with Crippen molar-refractivity contribution in [3.8, 4) is 0 Å². The lowest BCUT2D eigenvalue weighted by Gasteiger charge is -2.43. The Morgan fingerprint density at radius 2 is 1.00 bits per heavy atom. The largest absolute Gasteiger partial charge is 0.452 e. The maximum absolute atomic E-state index is 13.2. The van der Waals surface area contributed by atoms with Gasteiger partial charge in [0, 0.05) is 0 Å². The minimum Gasteiger partial charge on any atom is -0.452 e. The first-order valence-corrected chi connectivity index (χ1v) is 13.4. The summed E-state index contributed by atoms with van der Waals surface area (Å²) < 4.78 is 26.4. The van der Waals surface area contributed by atoms with Crippen molar-refractivity contribution in [2.45, 2.75) is 41.4 Å². The summed E-state index contributed by atoms with van der Waals surface area (Å²) in [6.07, 6.45) is -6.93. The van der Waals surface area contributed by atoms with Crippen LogP contribution in [0.3, 0.4) is 0 Å². The van der Waals surface area contributed by atoms with Gasteiger partial charge >= 0.3 is 17.9 Å². The van der Waals surface area contributed by atoms with Crippen LogP contribution in [-0.4, -0.2) is 58.3 Å². The fraction of sp³-hybridized carbons (Fsp3) is 0.241. The summed E-state index contributed by atoms with van der Waals surface area (Å²) in [5.41, 5.74) is 0.564. The van der Waals surface area contributed by atoms with Gasteiger partial charge in [-0.3, -0.25) is 5.41 Å². The minimum atomic E-state index is -2.28. The number of halogens is 3. The lowest BCUT2D eigenvalue weighted by atomic mass is 9.98. The van der Waals surface area contributed by atoms with Crippen molar-refractivity contribution in [2.24, 2.45) is 0 Å². The molecule has 5 atom stereocenters. The SMILES string of the molecule is C[C@@H]1O[C@H](OC(=N)C(Cl)(Cl)Cl)C(OC(=O)c2ccccc2)C(OC(=O)c2ccccc2)[C@@H]1OC(=O)c1ccccc1. The summed E-state index contributed by atoms with van der Waals surface area (Å²) in [4.78, 5) is 39.4. The molecule has 0 amide bonds. The maximum atomic E-state index is 13.2. The number of carbonyl (C=O) groups excluding carboxylic acids is 3. The summed E-state index contributed by atoms with van der Waals surface area (Å²) in [5.74, 6) is -3.22. The number of rotatable bonds is 7. The predicted octanol–water partition coefficient (Wildman–Crippen LogP) is 5.77. The molecule has 9 nitrogen and oxygen atoms in total. The normalized spacial score (nSPS) is 22.2. The van der Waals surface area contributed by atoms with Gasteiger partial charge in [0.25, 0.3) is 3.79 Å². The fourth-order valence-electron chi connectivity index (χ4n) is 3.97. The highest BCUT2D eigenvalue weighted by Crippen LogP contribution is 2.34. The topological polar surface area (TPSA) is 121 Å². The van der Waals surface area contributed by atoms with Crippen LogP contribution >= 0.6 is 34.8 Å². The molecule has 1 heterocycles. The Morgan fingerprint density at radius 3 is 1.39 bits per heavy atom. The quantitative estimate of drug-likeness (QED) is 0.116. The van der Waals surface area contributed by atoms with Gasteiger partial charge in [0.1, 0.15) is 0 Å². The third kappa shape index (κ3) is 7.77. The van der Waals surface area contributed by atoms with E-state index in [0.717, 1.165) is 0 Å². The predicted molar refractivity (Wildman–Crippen MR) is 150 cm³/mol. The monoisotopic (exact) mass is 619 g/mol. The molecule has 12 heteroatoms. The number of ether oxygens (including phenoxy) is 5. The fourth-order valence-corrected chi connectivity index (χ4v) is 4.10. The molecule has 1 saturated heterocycles. The number of hydrogen-bond donors (Lipinski definition) is 1. The summed E-state index contributed by atoms with van der Waals surface area (Å²) in [7, 11) is 0. The Balaban J connectivity index is 1.73. The Labute approximate surface area is 250 Å². The van der Waals surface area contributed by atoms with Crippen LogP contribution in [-0.2, 0) is 23.7 Å². The number of hydrogen-bond acceptors (Lipinski definition) is 9. The van der Waals surface area contributed by atoms with Crippen molar-refractivity contribution < 1.29 is 38.1 Å². The van der Waals surface area contributed by atoms with Gasteiger partial charge in [0.2, 0.25) is 18.3 Å². The summed E-state index contributed by atoms with van der Waals surface area (Å²) >= 11 is 17.5. The van der Waals surface area contributed by atoms with Gasteiger partial charge in [-0.15, -0.1) is 0 Å². The summed E-state index contributed by atoms with van der Waals surface area (Å²) in [6.45, 7) is 1.52. The van der Waals surface area contributed by atoms with E-state index in [2.05, 4.69) is 0 Å². The van der Waals surface area contributed by atoms with E-state index in [-0.39, 0.29) is 16.7 Å². The van der Waals surface area contributed by atoms with Crippen LogP contribution in [0, 0.1) is 5.41 Å². The summed E-state index contributed by atoms with van der Waals surface area (Å²) in [5, 5.41) is 8.06. The molecule has 3 aromatic carbocycles. The zero-order valence-corrected chi connectivity index (χ0v) is 23.7. The molecule has 2 unspecified atom stereocenters. The molecule has 1 aliphatic rings. The second-order valence-electron chi connectivity index (χ2n) is 8.86. The van der Waals surface area contributed by atoms with E-state index < -0.39 is 58.3 Å². The molecule has 3 aromatic rings. The molecular formula is C29H24Cl3NO8. The van der Waals surface area contributed by atoms with Crippen molar-refractivity contribution in [3.05, 3.63) is 108 Å². The lowest BCUT2D eigenvalue weighted by Crippen LogP contribution is -2.62. The first kappa shape index (κ1) is 30.3. The average molecular weight is 621 g/mol. The second kappa shape index (κ2) is 13.4. The van der Waals surface area contributed by atoms with Crippen molar-refractivity contribution in [1.82, 2.24) is 0 Å². The molecule has 0 aliphatic carbocycles. The van der Waals surface area contributed by atoms with Crippen molar-refractivity contribution in [1.29, 1.82) is 5.41 Å². The van der Waals surface area contributed by atoms with E-state index in [1.807, 2.05) is 0 Å². The summed E-state index contributed by atoms with van der Waals surface area (Å²) in [6, 6.07) is 24.1. The number of alkyl halides is 3. The van der Waals surface area contributed by atoms with Crippen LogP contribution in [0.25, 0.3) is 0 Å². The molecule has 1 fully saturated rings. The van der Waals surface area contributed by atoms with Gasteiger partial charge in [-0.1, -0.05) is 89.4 Å². The zero-order chi connectivity index (χ0) is 29.6. The van der Waals surface area contributed by atoms with E-state index in [1.54, 1.807) is 66.7 Å². The highest BCUT2D eigenvalue weighted by molar-refractivity contribution is 6.76. The molecule has 214 valence electrons. The van der Waals surface area contributed by atoms with E-state index >= 15 is 0 Å². The zero-order valence-electron chi connectivity index (χ0n) is 21.4. The van der Waals surface area contributed by atoms with E-state index in [9.17, 15) is 14.4 Å². The standard InChI is InChI=1S/C29H24Cl3NO8/c1-17-21(38-24(34)18-11-5-2-6-12-18)22(39-25(35)19-13-7-3-8-14-19)23(27(37-17)41-28(33)29(30,31)32)40-26(36)20-15-9-4-10-16-20/h2-17,21-23,27,33H,1H3/t17-,21+,22?,23?,27+/m0/s1. The van der Waals surface area contributed by atoms with Crippen LogP contribution in [0.2, 0.25) is 0 Å². The Hall–Kier alpha value is -3.63. The van der Waals surface area contributed by atoms with Crippen LogP contribution in [0.4, 0.5) is 0 Å². The van der Waals surface area contributed by atoms with Crippen LogP contribution in [0.5, 0.6) is 0 Å². The van der Waals surface area contributed by atoms with Gasteiger partial charge in [-0.2, -0.15) is 0 Å². The molecule has 1 N–H and O–H groups in total. The number of benzene rings is 3. The van der Waals surface area contributed by atoms with Crippen LogP contribution in [0.15, 0.2) is 91.0 Å². The van der Waals surface area contributed by atoms with Gasteiger partial charge < -0.3 is 23.7 Å². The Bertz CT molecular complexity index is 1370. The molecule has 0 saturated carbocycles.